The Balaban J connectivity index is -0.0000000500. The van der Waals surface area contributed by atoms with Gasteiger partial charge in [0, 0.05) is 18.2 Å². The van der Waals surface area contributed by atoms with E-state index in [1.165, 1.54) is 0 Å². The topological polar surface area (TPSA) is 193 Å². The maximum Gasteiger partial charge on any atom is 0.327 e. The number of aliphatic carboxylic acids is 3. The van der Waals surface area contributed by atoms with Crippen molar-refractivity contribution in [1.29, 1.82) is 0 Å². The maximum atomic E-state index is 9.25. The molecule has 10 nitrogen and oxygen atoms in total. The van der Waals surface area contributed by atoms with Crippen molar-refractivity contribution in [1.82, 2.24) is 0 Å². The van der Waals surface area contributed by atoms with Crippen LogP contribution in [0.25, 0.3) is 0 Å². The molecule has 10 heteroatoms. The van der Waals surface area contributed by atoms with Gasteiger partial charge in [0.2, 0.25) is 0 Å². The van der Waals surface area contributed by atoms with Gasteiger partial charge in [0.05, 0.1) is 31.8 Å². The zero-order valence-corrected chi connectivity index (χ0v) is 19.9. The van der Waals surface area contributed by atoms with Crippen LogP contribution < -0.4 is 0 Å². The van der Waals surface area contributed by atoms with Crippen molar-refractivity contribution in [2.45, 2.75) is 20.8 Å². The summed E-state index contributed by atoms with van der Waals surface area (Å²) in [5, 5.41) is 56.8. The third-order valence-corrected chi connectivity index (χ3v) is 1.87. The molecular weight excluding hydrogens is 436 g/mol. The summed E-state index contributed by atoms with van der Waals surface area (Å²) in [5.74, 6) is -2.94. The molecule has 0 aliphatic rings. The first-order valence-electron chi connectivity index (χ1n) is 9.01. The number of carboxylic acid groups (broad SMARTS) is 3. The first kappa shape index (κ1) is 47.5. The van der Waals surface area contributed by atoms with Crippen molar-refractivity contribution in [2.24, 2.45) is 5.41 Å². The maximum absolute atomic E-state index is 9.25. The minimum atomic E-state index is -1.11. The number of hydrogen-bond donors (Lipinski definition) is 7. The molecule has 0 atom stereocenters. The van der Waals surface area contributed by atoms with E-state index in [1.807, 2.05) is 20.8 Å². The summed E-state index contributed by atoms with van der Waals surface area (Å²) in [6, 6.07) is 0. The predicted octanol–water partition coefficient (Wildman–Crippen LogP) is 2.29. The summed E-state index contributed by atoms with van der Waals surface area (Å²) in [7, 11) is 0. The van der Waals surface area contributed by atoms with E-state index in [4.69, 9.17) is 35.7 Å². The van der Waals surface area contributed by atoms with Crippen LogP contribution in [0.3, 0.4) is 0 Å². The van der Waals surface area contributed by atoms with E-state index < -0.39 is 49.8 Å². The second-order valence-corrected chi connectivity index (χ2v) is 4.98. The van der Waals surface area contributed by atoms with Crippen molar-refractivity contribution in [3.63, 3.8) is 0 Å². The summed E-state index contributed by atoms with van der Waals surface area (Å²) in [6.07, 6.45) is 7.75. The van der Waals surface area contributed by atoms with Crippen molar-refractivity contribution in [3.8, 4) is 0 Å². The van der Waals surface area contributed by atoms with Gasteiger partial charge in [-0.2, -0.15) is 0 Å². The highest BCUT2D eigenvalue weighted by atomic mass is 16.4. The lowest BCUT2D eigenvalue weighted by Gasteiger charge is -2.23. The molecule has 0 saturated carbocycles. The van der Waals surface area contributed by atoms with E-state index >= 15 is 0 Å². The Morgan fingerprint density at radius 1 is 0.545 bits per heavy atom. The molecule has 0 radical (unpaired) electrons. The molecule has 0 aromatic rings. The van der Waals surface area contributed by atoms with E-state index in [0.29, 0.717) is 0 Å². The van der Waals surface area contributed by atoms with Gasteiger partial charge < -0.3 is 35.7 Å². The Morgan fingerprint density at radius 2 is 0.636 bits per heavy atom. The molecule has 33 heavy (non-hydrogen) atoms. The number of allylic oxidation sites excluding steroid dienone is 3. The van der Waals surface area contributed by atoms with Gasteiger partial charge in [0.1, 0.15) is 0 Å². The van der Waals surface area contributed by atoms with E-state index in [2.05, 4.69) is 39.5 Å². The number of aliphatic hydroxyl groups excluding tert-OH is 4. The molecule has 0 amide bonds. The zero-order chi connectivity index (χ0) is 28.3. The Morgan fingerprint density at radius 3 is 0.636 bits per heavy atom. The second-order valence-electron chi connectivity index (χ2n) is 4.98. The molecular formula is C23H42O10. The Bertz CT molecular complexity index is 433. The largest absolute Gasteiger partial charge is 0.478 e. The van der Waals surface area contributed by atoms with Crippen molar-refractivity contribution in [3.05, 3.63) is 75.9 Å². The molecule has 0 rings (SSSR count). The molecule has 0 fully saturated rings. The minimum Gasteiger partial charge on any atom is -0.478 e. The van der Waals surface area contributed by atoms with Gasteiger partial charge in [0.15, 0.2) is 0 Å². The Kier molecular flexibility index (Phi) is 67.3. The minimum absolute atomic E-state index is 0.406. The molecule has 0 bridgehead atoms. The smallest absolute Gasteiger partial charge is 0.327 e. The lowest BCUT2D eigenvalue weighted by molar-refractivity contribution is -0.132. The van der Waals surface area contributed by atoms with E-state index in [-0.39, 0.29) is 0 Å². The van der Waals surface area contributed by atoms with Crippen molar-refractivity contribution < 1.29 is 50.1 Å². The fraction of sp³-hybridized carbons (Fsp3) is 0.348. The molecule has 0 aromatic heterocycles. The standard InChI is InChI=1S/C5H12O4.3C3H4O2.3C3H6/c6-1-5(2-7,3-8)4-9;3*1-2-3(4)5;3*1-3-2/h6-9H,1-4H2;3*2H,1H2,(H,4,5);3*3H,1H2,2H3. The summed E-state index contributed by atoms with van der Waals surface area (Å²) >= 11 is 0. The van der Waals surface area contributed by atoms with Gasteiger partial charge in [0.25, 0.3) is 0 Å². The number of aliphatic hydroxyl groups is 4. The first-order valence-corrected chi connectivity index (χ1v) is 9.01. The fourth-order valence-electron chi connectivity index (χ4n) is 0.300. The van der Waals surface area contributed by atoms with Gasteiger partial charge in [-0.15, -0.1) is 19.7 Å². The molecule has 0 aromatic carbocycles. The fourth-order valence-corrected chi connectivity index (χ4v) is 0.300. The highest BCUT2D eigenvalue weighted by molar-refractivity contribution is 5.79. The SMILES string of the molecule is C=CC.C=CC.C=CC.C=CC(=O)O.C=CC(=O)O.C=CC(=O)O.OCC(CO)(CO)CO. The van der Waals surface area contributed by atoms with Crippen LogP contribution in [0.15, 0.2) is 75.9 Å². The number of carboxylic acids is 3. The predicted molar refractivity (Wildman–Crippen MR) is 132 cm³/mol. The highest BCUT2D eigenvalue weighted by Crippen LogP contribution is 2.11. The molecule has 194 valence electrons. The molecule has 0 aliphatic carbocycles. The summed E-state index contributed by atoms with van der Waals surface area (Å²) in [4.78, 5) is 27.8. The summed E-state index contributed by atoms with van der Waals surface area (Å²) in [5.41, 5.74) is -1.11. The van der Waals surface area contributed by atoms with Crippen LogP contribution >= 0.6 is 0 Å². The van der Waals surface area contributed by atoms with E-state index in [9.17, 15) is 14.4 Å². The summed E-state index contributed by atoms with van der Waals surface area (Å²) in [6.45, 7) is 23.0. The average Bonchev–Trinajstić information content (AvgIpc) is 2.78. The zero-order valence-electron chi connectivity index (χ0n) is 19.9. The number of rotatable bonds is 7. The lowest BCUT2D eigenvalue weighted by Crippen LogP contribution is -2.37. The van der Waals surface area contributed by atoms with Crippen LogP contribution in [-0.4, -0.2) is 80.1 Å². The Labute approximate surface area is 197 Å². The third-order valence-electron chi connectivity index (χ3n) is 1.87. The number of carbonyl (C=O) groups is 3. The highest BCUT2D eigenvalue weighted by Gasteiger charge is 2.26. The normalized spacial score (nSPS) is 7.36. The van der Waals surface area contributed by atoms with Crippen molar-refractivity contribution >= 4 is 17.9 Å². The van der Waals surface area contributed by atoms with Gasteiger partial charge in [-0.05, 0) is 20.8 Å². The van der Waals surface area contributed by atoms with Gasteiger partial charge in [-0.1, -0.05) is 38.0 Å². The average molecular weight is 479 g/mol. The third kappa shape index (κ3) is 94.7. The lowest BCUT2D eigenvalue weighted by atomic mass is 9.93. The molecule has 0 spiro atoms. The molecule has 0 heterocycles. The van der Waals surface area contributed by atoms with Crippen LogP contribution in [0.4, 0.5) is 0 Å². The summed E-state index contributed by atoms with van der Waals surface area (Å²) < 4.78 is 0. The van der Waals surface area contributed by atoms with Gasteiger partial charge in [-0.3, -0.25) is 0 Å². The molecule has 0 aliphatic heterocycles. The van der Waals surface area contributed by atoms with Crippen LogP contribution in [0.2, 0.25) is 0 Å². The molecule has 0 saturated heterocycles. The first-order chi connectivity index (χ1) is 15.3. The van der Waals surface area contributed by atoms with E-state index in [0.717, 1.165) is 18.2 Å². The Hall–Kier alpha value is -3.31. The van der Waals surface area contributed by atoms with Crippen molar-refractivity contribution in [2.75, 3.05) is 26.4 Å². The second kappa shape index (κ2) is 46.8. The number of hydrogen-bond acceptors (Lipinski definition) is 7. The van der Waals surface area contributed by atoms with Crippen LogP contribution in [0, 0.1) is 5.41 Å². The molecule has 0 unspecified atom stereocenters. The van der Waals surface area contributed by atoms with Crippen LogP contribution in [0.1, 0.15) is 20.8 Å². The van der Waals surface area contributed by atoms with E-state index in [1.54, 1.807) is 18.2 Å². The monoisotopic (exact) mass is 478 g/mol. The molecule has 7 N–H and O–H groups in total. The van der Waals surface area contributed by atoms with Crippen LogP contribution in [0.5, 0.6) is 0 Å². The van der Waals surface area contributed by atoms with Gasteiger partial charge >= 0.3 is 17.9 Å². The van der Waals surface area contributed by atoms with Gasteiger partial charge in [-0.25, -0.2) is 14.4 Å². The quantitative estimate of drug-likeness (QED) is 0.211. The van der Waals surface area contributed by atoms with Crippen LogP contribution in [-0.2, 0) is 14.4 Å².